The number of unbranched alkanes of at least 4 members (excludes halogenated alkanes) is 19. The van der Waals surface area contributed by atoms with Crippen LogP contribution >= 0.6 is 0 Å². The van der Waals surface area contributed by atoms with Crippen LogP contribution in [-0.4, -0.2) is 89.2 Å². The summed E-state index contributed by atoms with van der Waals surface area (Å²) in [4.78, 5) is 51.0. The first-order valence-electron chi connectivity index (χ1n) is 28.6. The fourth-order valence-corrected chi connectivity index (χ4v) is 8.04. The van der Waals surface area contributed by atoms with Gasteiger partial charge in [-0.05, 0) is 109 Å². The Bertz CT molecular complexity index is 1590. The predicted octanol–water partition coefficient (Wildman–Crippen LogP) is 14.3. The number of carbonyl (C=O) groups excluding carboxylic acids is 3. The van der Waals surface area contributed by atoms with Crippen molar-refractivity contribution >= 4 is 23.9 Å². The summed E-state index contributed by atoms with van der Waals surface area (Å²) in [6, 6.07) is 0. The van der Waals surface area contributed by atoms with Gasteiger partial charge in [-0.3, -0.25) is 14.4 Å². The Kier molecular flexibility index (Phi) is 44.7. The number of carboxylic acids is 1. The Morgan fingerprint density at radius 2 is 0.890 bits per heavy atom. The van der Waals surface area contributed by atoms with Crippen molar-refractivity contribution in [2.45, 2.75) is 263 Å². The molecule has 1 saturated heterocycles. The molecule has 1 aliphatic rings. The third-order valence-corrected chi connectivity index (χ3v) is 12.4. The van der Waals surface area contributed by atoms with E-state index in [2.05, 4.69) is 106 Å². The molecule has 12 heteroatoms. The molecule has 6 atom stereocenters. The number of aliphatic carboxylic acids is 1. The number of rotatable bonds is 47. The smallest absolute Gasteiger partial charge is 0.335 e. The fourth-order valence-electron chi connectivity index (χ4n) is 8.04. The highest BCUT2D eigenvalue weighted by molar-refractivity contribution is 5.74. The molecule has 1 heterocycles. The average molecular weight is 1030 g/mol. The van der Waals surface area contributed by atoms with Crippen LogP contribution in [-0.2, 0) is 42.9 Å². The molecule has 1 fully saturated rings. The first kappa shape index (κ1) is 66.9. The highest BCUT2D eigenvalue weighted by Gasteiger charge is 2.50. The number of hydrogen-bond donors (Lipinski definition) is 3. The van der Waals surface area contributed by atoms with Gasteiger partial charge in [-0.1, -0.05) is 183 Å². The average Bonchev–Trinajstić information content (AvgIpc) is 3.37. The molecule has 0 aromatic rings. The minimum Gasteiger partial charge on any atom is -0.479 e. The lowest BCUT2D eigenvalue weighted by Crippen LogP contribution is -2.61. The van der Waals surface area contributed by atoms with E-state index in [1.54, 1.807) is 0 Å². The fraction of sp³-hybridized carbons (Fsp3) is 0.705. The summed E-state index contributed by atoms with van der Waals surface area (Å²) in [6.07, 6.45) is 49.8. The van der Waals surface area contributed by atoms with Crippen molar-refractivity contribution in [1.82, 2.24) is 0 Å². The van der Waals surface area contributed by atoms with E-state index >= 15 is 0 Å². The lowest BCUT2D eigenvalue weighted by molar-refractivity contribution is -0.301. The summed E-state index contributed by atoms with van der Waals surface area (Å²) in [5.74, 6) is -3.18. The second-order valence-corrected chi connectivity index (χ2v) is 19.2. The summed E-state index contributed by atoms with van der Waals surface area (Å²) in [7, 11) is 0. The number of aliphatic hydroxyl groups excluding tert-OH is 2. The highest BCUT2D eigenvalue weighted by atomic mass is 16.7. The Balaban J connectivity index is 2.73. The van der Waals surface area contributed by atoms with Gasteiger partial charge in [0.2, 0.25) is 0 Å². The zero-order chi connectivity index (χ0) is 53.3. The summed E-state index contributed by atoms with van der Waals surface area (Å²) < 4.78 is 28.3. The number of carboxylic acid groups (broad SMARTS) is 1. The number of aliphatic hydroxyl groups is 2. The largest absolute Gasteiger partial charge is 0.479 e. The van der Waals surface area contributed by atoms with Gasteiger partial charge < -0.3 is 39.0 Å². The second kappa shape index (κ2) is 48.8. The van der Waals surface area contributed by atoms with E-state index in [0.29, 0.717) is 19.3 Å². The van der Waals surface area contributed by atoms with Crippen LogP contribution in [0, 0.1) is 0 Å². The molecule has 416 valence electrons. The van der Waals surface area contributed by atoms with Gasteiger partial charge in [0, 0.05) is 19.3 Å². The molecule has 0 spiro atoms. The van der Waals surface area contributed by atoms with Crippen LogP contribution in [0.3, 0.4) is 0 Å². The van der Waals surface area contributed by atoms with Crippen molar-refractivity contribution in [2.75, 3.05) is 13.2 Å². The topological polar surface area (TPSA) is 175 Å². The quantitative estimate of drug-likeness (QED) is 0.0228. The van der Waals surface area contributed by atoms with Crippen LogP contribution in [0.4, 0.5) is 0 Å². The second-order valence-electron chi connectivity index (χ2n) is 19.2. The summed E-state index contributed by atoms with van der Waals surface area (Å²) in [5, 5.41) is 31.4. The molecule has 6 unspecified atom stereocenters. The van der Waals surface area contributed by atoms with Crippen molar-refractivity contribution in [3.8, 4) is 0 Å². The van der Waals surface area contributed by atoms with Crippen molar-refractivity contribution in [2.24, 2.45) is 0 Å². The molecule has 0 aromatic heterocycles. The molecule has 3 N–H and O–H groups in total. The van der Waals surface area contributed by atoms with E-state index in [0.717, 1.165) is 148 Å². The van der Waals surface area contributed by atoms with Crippen LogP contribution in [0.1, 0.15) is 226 Å². The summed E-state index contributed by atoms with van der Waals surface area (Å²) in [5.41, 5.74) is 0. The molecule has 1 aliphatic heterocycles. The maximum atomic E-state index is 13.1. The molecular formula is C61H100O12. The van der Waals surface area contributed by atoms with Crippen LogP contribution in [0.2, 0.25) is 0 Å². The van der Waals surface area contributed by atoms with E-state index in [1.165, 1.54) is 19.3 Å². The molecule has 0 aliphatic carbocycles. The van der Waals surface area contributed by atoms with Crippen LogP contribution in [0.15, 0.2) is 85.1 Å². The van der Waals surface area contributed by atoms with Gasteiger partial charge in [0.05, 0.1) is 6.61 Å². The molecular weight excluding hydrogens is 925 g/mol. The van der Waals surface area contributed by atoms with Gasteiger partial charge in [-0.25, -0.2) is 4.79 Å². The highest BCUT2D eigenvalue weighted by Crippen LogP contribution is 2.26. The standard InChI is InChI=1S/C61H100O12/c1-4-7-10-13-16-19-22-25-27-30-32-35-38-41-44-47-53(62)69-50-52(71-54(63)48-45-42-39-36-33-29-24-21-18-15-12-9-6-3)51-70-61-59(57(66)56(65)58(73-61)60(67)68)72-55(64)49-46-43-40-37-34-31-28-26-23-20-17-14-11-8-5-2/h8,11-12,15-17,19-21,24-28,52,56-59,61,65-66H,4-7,9-10,13-14,18,22-23,29-51H2,1-3H3,(H,67,68)/b11-8-,15-12-,19-16-,20-17-,24-21-,27-25-,28-26-. The number of esters is 3. The number of allylic oxidation sites excluding steroid dienone is 14. The Labute approximate surface area is 441 Å². The number of carbonyl (C=O) groups is 4. The SMILES string of the molecule is CC/C=C\C/C=C\C/C=C\CCCCCCCC(=O)OC1C(OCC(COC(=O)CCCCCCC/C=C\C/C=C\CCCCC)OC(=O)CCCCCCC/C=C\C/C=C\CCC)OC(C(=O)O)C(O)C1O. The van der Waals surface area contributed by atoms with Crippen LogP contribution < -0.4 is 0 Å². The summed E-state index contributed by atoms with van der Waals surface area (Å²) >= 11 is 0. The van der Waals surface area contributed by atoms with Crippen molar-refractivity contribution in [3.05, 3.63) is 85.1 Å². The Hall–Kier alpha value is -4.10. The van der Waals surface area contributed by atoms with Gasteiger partial charge in [-0.15, -0.1) is 0 Å². The van der Waals surface area contributed by atoms with E-state index in [-0.39, 0.29) is 25.9 Å². The zero-order valence-electron chi connectivity index (χ0n) is 45.6. The van der Waals surface area contributed by atoms with Gasteiger partial charge in [0.25, 0.3) is 0 Å². The predicted molar refractivity (Wildman–Crippen MR) is 294 cm³/mol. The third-order valence-electron chi connectivity index (χ3n) is 12.4. The van der Waals surface area contributed by atoms with Crippen LogP contribution in [0.25, 0.3) is 0 Å². The van der Waals surface area contributed by atoms with Gasteiger partial charge >= 0.3 is 23.9 Å². The molecule has 12 nitrogen and oxygen atoms in total. The monoisotopic (exact) mass is 1020 g/mol. The van der Waals surface area contributed by atoms with Crippen molar-refractivity contribution in [3.63, 3.8) is 0 Å². The third kappa shape index (κ3) is 39.0. The van der Waals surface area contributed by atoms with Crippen molar-refractivity contribution in [1.29, 1.82) is 0 Å². The zero-order valence-corrected chi connectivity index (χ0v) is 45.6. The van der Waals surface area contributed by atoms with Gasteiger partial charge in [-0.2, -0.15) is 0 Å². The minimum atomic E-state index is -1.92. The van der Waals surface area contributed by atoms with Gasteiger partial charge in [0.1, 0.15) is 18.8 Å². The molecule has 73 heavy (non-hydrogen) atoms. The lowest BCUT2D eigenvalue weighted by Gasteiger charge is -2.40. The van der Waals surface area contributed by atoms with Gasteiger partial charge in [0.15, 0.2) is 24.6 Å². The molecule has 1 rings (SSSR count). The molecule has 0 saturated carbocycles. The molecule has 0 radical (unpaired) electrons. The first-order chi connectivity index (χ1) is 35.6. The molecule has 0 amide bonds. The Morgan fingerprint density at radius 3 is 1.37 bits per heavy atom. The van der Waals surface area contributed by atoms with E-state index < -0.39 is 67.3 Å². The van der Waals surface area contributed by atoms with E-state index in [9.17, 15) is 34.5 Å². The van der Waals surface area contributed by atoms with E-state index in [4.69, 9.17) is 23.7 Å². The van der Waals surface area contributed by atoms with Crippen molar-refractivity contribution < 1.29 is 58.2 Å². The Morgan fingerprint density at radius 1 is 0.466 bits per heavy atom. The first-order valence-corrected chi connectivity index (χ1v) is 28.6. The number of hydrogen-bond acceptors (Lipinski definition) is 11. The minimum absolute atomic E-state index is 0.0348. The molecule has 0 aromatic carbocycles. The summed E-state index contributed by atoms with van der Waals surface area (Å²) in [6.45, 7) is 5.74. The maximum Gasteiger partial charge on any atom is 0.335 e. The molecule has 0 bridgehead atoms. The van der Waals surface area contributed by atoms with E-state index in [1.807, 2.05) is 0 Å². The lowest BCUT2D eigenvalue weighted by atomic mass is 9.98. The number of ether oxygens (including phenoxy) is 5. The normalized spacial score (nSPS) is 18.9. The maximum absolute atomic E-state index is 13.1. The van der Waals surface area contributed by atoms with Crippen LogP contribution in [0.5, 0.6) is 0 Å².